The fraction of sp³-hybridized carbons (Fsp3) is 0.0667. The molecule has 0 saturated carbocycles. The number of benzene rings is 1. The monoisotopic (exact) mass is 410 g/mol. The molecule has 7 nitrogen and oxygen atoms in total. The second-order valence-electron chi connectivity index (χ2n) is 4.88. The molecule has 3 aromatic rings. The van der Waals surface area contributed by atoms with Crippen LogP contribution in [0.1, 0.15) is 10.4 Å². The molecule has 25 heavy (non-hydrogen) atoms. The Morgan fingerprint density at radius 3 is 2.84 bits per heavy atom. The number of amides is 1. The van der Waals surface area contributed by atoms with Crippen LogP contribution in [0.5, 0.6) is 0 Å². The maximum Gasteiger partial charge on any atom is 0.340 e. The first-order valence-electron chi connectivity index (χ1n) is 6.85. The second-order valence-corrected chi connectivity index (χ2v) is 5.74. The maximum absolute atomic E-state index is 13.6. The van der Waals surface area contributed by atoms with Crippen molar-refractivity contribution >= 4 is 39.1 Å². The minimum Gasteiger partial charge on any atom is -0.452 e. The molecule has 0 aliphatic heterocycles. The molecule has 0 spiro atoms. The van der Waals surface area contributed by atoms with Gasteiger partial charge < -0.3 is 10.1 Å². The summed E-state index contributed by atoms with van der Waals surface area (Å²) in [6.07, 6.45) is 2.86. The lowest BCUT2D eigenvalue weighted by atomic mass is 10.3. The lowest BCUT2D eigenvalue weighted by Crippen LogP contribution is -2.22. The van der Waals surface area contributed by atoms with Gasteiger partial charge in [-0.15, -0.1) is 10.2 Å². The zero-order valence-corrected chi connectivity index (χ0v) is 14.0. The summed E-state index contributed by atoms with van der Waals surface area (Å²) in [7, 11) is 0. The van der Waals surface area contributed by atoms with E-state index in [9.17, 15) is 18.4 Å². The third-order valence-corrected chi connectivity index (χ3v) is 3.76. The van der Waals surface area contributed by atoms with E-state index in [2.05, 4.69) is 31.4 Å². The molecule has 2 heterocycles. The summed E-state index contributed by atoms with van der Waals surface area (Å²) in [5, 5.41) is 9.68. The fourth-order valence-electron chi connectivity index (χ4n) is 2.00. The molecule has 1 aromatic carbocycles. The zero-order chi connectivity index (χ0) is 18.0. The number of carbonyl (C=O) groups is 2. The normalized spacial score (nSPS) is 10.7. The largest absolute Gasteiger partial charge is 0.452 e. The number of anilines is 1. The van der Waals surface area contributed by atoms with Crippen molar-refractivity contribution in [3.05, 3.63) is 58.5 Å². The van der Waals surface area contributed by atoms with Gasteiger partial charge in [-0.05, 0) is 34.1 Å². The number of fused-ring (bicyclic) bond motifs is 1. The smallest absolute Gasteiger partial charge is 0.340 e. The number of hydrogen-bond donors (Lipinski definition) is 1. The van der Waals surface area contributed by atoms with E-state index in [1.165, 1.54) is 23.0 Å². The topological polar surface area (TPSA) is 85.6 Å². The highest BCUT2D eigenvalue weighted by molar-refractivity contribution is 9.10. The maximum atomic E-state index is 13.6. The van der Waals surface area contributed by atoms with Crippen LogP contribution in [0.25, 0.3) is 5.65 Å². The van der Waals surface area contributed by atoms with Gasteiger partial charge in [-0.3, -0.25) is 9.20 Å². The van der Waals surface area contributed by atoms with E-state index in [4.69, 9.17) is 4.74 Å². The predicted molar refractivity (Wildman–Crippen MR) is 86.0 cm³/mol. The van der Waals surface area contributed by atoms with Gasteiger partial charge >= 0.3 is 5.97 Å². The van der Waals surface area contributed by atoms with E-state index in [1.54, 1.807) is 6.07 Å². The van der Waals surface area contributed by atoms with Crippen LogP contribution in [-0.4, -0.2) is 33.1 Å². The molecule has 0 radical (unpaired) electrons. The molecule has 1 amide bonds. The molecule has 0 atom stereocenters. The van der Waals surface area contributed by atoms with Gasteiger partial charge in [0.05, 0.1) is 11.3 Å². The number of halogens is 3. The van der Waals surface area contributed by atoms with Gasteiger partial charge in [-0.1, -0.05) is 0 Å². The van der Waals surface area contributed by atoms with Gasteiger partial charge in [0.1, 0.15) is 12.1 Å². The molecule has 0 fully saturated rings. The SMILES string of the molecule is O=C(COC(=O)c1ccc2nncn2c1)Nc1c(F)cc(F)cc1Br. The highest BCUT2D eigenvalue weighted by Gasteiger charge is 2.15. The van der Waals surface area contributed by atoms with Crippen molar-refractivity contribution in [2.24, 2.45) is 0 Å². The lowest BCUT2D eigenvalue weighted by molar-refractivity contribution is -0.119. The summed E-state index contributed by atoms with van der Waals surface area (Å²) in [6, 6.07) is 4.66. The number of aromatic nitrogens is 3. The Labute approximate surface area is 147 Å². The summed E-state index contributed by atoms with van der Waals surface area (Å²) >= 11 is 2.95. The minimum atomic E-state index is -0.954. The molecule has 1 N–H and O–H groups in total. The van der Waals surface area contributed by atoms with Crippen LogP contribution >= 0.6 is 15.9 Å². The number of pyridine rings is 1. The van der Waals surface area contributed by atoms with Gasteiger partial charge in [0.25, 0.3) is 5.91 Å². The third-order valence-electron chi connectivity index (χ3n) is 3.13. The first-order valence-corrected chi connectivity index (χ1v) is 7.64. The first-order chi connectivity index (χ1) is 11.9. The number of hydrogen-bond acceptors (Lipinski definition) is 5. The van der Waals surface area contributed by atoms with E-state index >= 15 is 0 Å². The molecule has 128 valence electrons. The van der Waals surface area contributed by atoms with E-state index in [0.717, 1.165) is 6.07 Å². The van der Waals surface area contributed by atoms with Crippen LogP contribution in [0.3, 0.4) is 0 Å². The molecule has 0 aliphatic rings. The molecule has 10 heteroatoms. The number of ether oxygens (including phenoxy) is 1. The third kappa shape index (κ3) is 3.79. The molecule has 0 unspecified atom stereocenters. The van der Waals surface area contributed by atoms with Gasteiger partial charge in [0, 0.05) is 16.7 Å². The van der Waals surface area contributed by atoms with Crippen LogP contribution in [0.15, 0.2) is 41.3 Å². The van der Waals surface area contributed by atoms with Crippen LogP contribution in [0.2, 0.25) is 0 Å². The number of carbonyl (C=O) groups excluding carboxylic acids is 2. The van der Waals surface area contributed by atoms with Gasteiger partial charge in [0.15, 0.2) is 18.1 Å². The molecule has 0 bridgehead atoms. The zero-order valence-electron chi connectivity index (χ0n) is 12.4. The van der Waals surface area contributed by atoms with E-state index in [0.29, 0.717) is 11.7 Å². The van der Waals surface area contributed by atoms with Crippen molar-refractivity contribution in [3.63, 3.8) is 0 Å². The van der Waals surface area contributed by atoms with Crippen LogP contribution < -0.4 is 5.32 Å². The highest BCUT2D eigenvalue weighted by atomic mass is 79.9. The van der Waals surface area contributed by atoms with E-state index < -0.39 is 30.1 Å². The molecule has 3 rings (SSSR count). The Morgan fingerprint density at radius 1 is 1.28 bits per heavy atom. The number of esters is 1. The summed E-state index contributed by atoms with van der Waals surface area (Å²) < 4.78 is 33.1. The number of nitrogens with zero attached hydrogens (tertiary/aromatic N) is 3. The van der Waals surface area contributed by atoms with Crippen molar-refractivity contribution < 1.29 is 23.1 Å². The predicted octanol–water partition coefficient (Wildman–Crippen LogP) is 2.57. The highest BCUT2D eigenvalue weighted by Crippen LogP contribution is 2.26. The summed E-state index contributed by atoms with van der Waals surface area (Å²) in [4.78, 5) is 23.8. The van der Waals surface area contributed by atoms with Crippen molar-refractivity contribution in [1.29, 1.82) is 0 Å². The van der Waals surface area contributed by atoms with Crippen LogP contribution in [-0.2, 0) is 9.53 Å². The van der Waals surface area contributed by atoms with Gasteiger partial charge in [-0.25, -0.2) is 13.6 Å². The molecule has 2 aromatic heterocycles. The second kappa shape index (κ2) is 6.93. The van der Waals surface area contributed by atoms with Crippen molar-refractivity contribution in [2.45, 2.75) is 0 Å². The van der Waals surface area contributed by atoms with Gasteiger partial charge in [-0.2, -0.15) is 0 Å². The average molecular weight is 411 g/mol. The Bertz CT molecular complexity index is 953. The fourth-order valence-corrected chi connectivity index (χ4v) is 2.51. The van der Waals surface area contributed by atoms with Crippen molar-refractivity contribution in [1.82, 2.24) is 14.6 Å². The van der Waals surface area contributed by atoms with E-state index in [-0.39, 0.29) is 15.7 Å². The minimum absolute atomic E-state index is 0.0303. The van der Waals surface area contributed by atoms with Crippen molar-refractivity contribution in [2.75, 3.05) is 11.9 Å². The van der Waals surface area contributed by atoms with Gasteiger partial charge in [0.2, 0.25) is 0 Å². The molecule has 0 saturated heterocycles. The molecular formula is C15H9BrF2N4O3. The van der Waals surface area contributed by atoms with E-state index in [1.807, 2.05) is 0 Å². The Hall–Kier alpha value is -2.88. The first kappa shape index (κ1) is 17.0. The van der Waals surface area contributed by atoms with Crippen LogP contribution in [0, 0.1) is 11.6 Å². The Kier molecular flexibility index (Phi) is 4.70. The molecule has 0 aliphatic carbocycles. The standard InChI is InChI=1S/C15H9BrF2N4O3/c16-10-3-9(17)4-11(18)14(10)20-13(23)6-25-15(24)8-1-2-12-21-19-7-22(12)5-8/h1-5,7H,6H2,(H,20,23). The number of nitrogens with one attached hydrogen (secondary N) is 1. The lowest BCUT2D eigenvalue weighted by Gasteiger charge is -2.09. The van der Waals surface area contributed by atoms with Crippen molar-refractivity contribution in [3.8, 4) is 0 Å². The Balaban J connectivity index is 1.63. The number of rotatable bonds is 4. The summed E-state index contributed by atoms with van der Waals surface area (Å²) in [5.41, 5.74) is 0.494. The average Bonchev–Trinajstić information content (AvgIpc) is 3.03. The summed E-state index contributed by atoms with van der Waals surface area (Å²) in [5.74, 6) is -3.27. The Morgan fingerprint density at radius 2 is 2.08 bits per heavy atom. The summed E-state index contributed by atoms with van der Waals surface area (Å²) in [6.45, 7) is -0.637. The quantitative estimate of drug-likeness (QED) is 0.668. The molecular weight excluding hydrogens is 402 g/mol. The van der Waals surface area contributed by atoms with Crippen LogP contribution in [0.4, 0.5) is 14.5 Å².